The van der Waals surface area contributed by atoms with E-state index in [4.69, 9.17) is 0 Å². The van der Waals surface area contributed by atoms with Crippen molar-refractivity contribution in [2.45, 2.75) is 12.7 Å². The van der Waals surface area contributed by atoms with Gasteiger partial charge in [-0.25, -0.2) is 9.37 Å². The number of rotatable bonds is 3. The largest absolute Gasteiger partial charge is 0.419 e. The predicted molar refractivity (Wildman–Crippen MR) is 57.3 cm³/mol. The minimum Gasteiger partial charge on any atom is -0.352 e. The molecule has 0 atom stereocenters. The van der Waals surface area contributed by atoms with Crippen LogP contribution in [0.4, 0.5) is 23.5 Å². The van der Waals surface area contributed by atoms with Crippen LogP contribution in [-0.2, 0) is 12.7 Å². The fourth-order valence-electron chi connectivity index (χ4n) is 1.45. The minimum absolute atomic E-state index is 0.122. The van der Waals surface area contributed by atoms with Crippen LogP contribution in [0.2, 0.25) is 0 Å². The van der Waals surface area contributed by atoms with E-state index in [0.29, 0.717) is 11.5 Å². The van der Waals surface area contributed by atoms with Gasteiger partial charge >= 0.3 is 6.18 Å². The summed E-state index contributed by atoms with van der Waals surface area (Å²) in [5, 5.41) is 2.78. The van der Waals surface area contributed by atoms with E-state index in [0.717, 1.165) is 12.1 Å². The molecule has 96 valence electrons. The Kier molecular flexibility index (Phi) is 3.22. The number of nitrogens with zero attached hydrogens (tertiary/aromatic N) is 1. The Morgan fingerprint density at radius 2 is 2.06 bits per heavy atom. The number of halogens is 4. The van der Waals surface area contributed by atoms with Crippen molar-refractivity contribution in [1.29, 1.82) is 0 Å². The number of hydrogen-bond acceptors (Lipinski definition) is 2. The lowest BCUT2D eigenvalue weighted by molar-refractivity contribution is -0.140. The molecule has 2 N–H and O–H groups in total. The summed E-state index contributed by atoms with van der Waals surface area (Å²) in [6, 6.07) is 2.88. The third kappa shape index (κ3) is 2.79. The fourth-order valence-corrected chi connectivity index (χ4v) is 1.45. The monoisotopic (exact) mass is 259 g/mol. The Hall–Kier alpha value is -2.05. The van der Waals surface area contributed by atoms with E-state index >= 15 is 0 Å². The van der Waals surface area contributed by atoms with Crippen molar-refractivity contribution >= 4 is 5.95 Å². The molecule has 0 saturated carbocycles. The number of hydrogen-bond donors (Lipinski definition) is 2. The number of aromatic nitrogens is 2. The molecule has 0 spiro atoms. The van der Waals surface area contributed by atoms with Crippen molar-refractivity contribution in [2.24, 2.45) is 0 Å². The first kappa shape index (κ1) is 12.4. The molecule has 0 fully saturated rings. The van der Waals surface area contributed by atoms with E-state index in [9.17, 15) is 17.6 Å². The molecule has 0 aliphatic rings. The summed E-state index contributed by atoms with van der Waals surface area (Å²) in [4.78, 5) is 6.60. The van der Waals surface area contributed by atoms with Crippen LogP contribution in [0.5, 0.6) is 0 Å². The molecule has 1 heterocycles. The highest BCUT2D eigenvalue weighted by molar-refractivity contribution is 5.31. The average Bonchev–Trinajstić information content (AvgIpc) is 2.79. The average molecular weight is 259 g/mol. The summed E-state index contributed by atoms with van der Waals surface area (Å²) >= 11 is 0. The number of alkyl halides is 3. The number of imidazole rings is 1. The molecule has 2 rings (SSSR count). The fraction of sp³-hybridized carbons (Fsp3) is 0.182. The van der Waals surface area contributed by atoms with E-state index < -0.39 is 17.6 Å². The van der Waals surface area contributed by atoms with Gasteiger partial charge in [-0.1, -0.05) is 6.07 Å². The molecule has 7 heteroatoms. The highest BCUT2D eigenvalue weighted by atomic mass is 19.4. The number of anilines is 1. The smallest absolute Gasteiger partial charge is 0.352 e. The lowest BCUT2D eigenvalue weighted by Gasteiger charge is -2.10. The normalized spacial score (nSPS) is 11.6. The Bertz CT molecular complexity index is 520. The summed E-state index contributed by atoms with van der Waals surface area (Å²) in [7, 11) is 0. The van der Waals surface area contributed by atoms with Crippen LogP contribution in [0.15, 0.2) is 30.6 Å². The van der Waals surface area contributed by atoms with Gasteiger partial charge in [0.05, 0.1) is 5.56 Å². The van der Waals surface area contributed by atoms with Crippen molar-refractivity contribution in [3.05, 3.63) is 47.5 Å². The molecule has 0 unspecified atom stereocenters. The minimum atomic E-state index is -4.69. The second-order valence-electron chi connectivity index (χ2n) is 3.60. The molecule has 0 amide bonds. The molecule has 0 aliphatic heterocycles. The zero-order chi connectivity index (χ0) is 13.2. The predicted octanol–water partition coefficient (Wildman–Crippen LogP) is 3.18. The van der Waals surface area contributed by atoms with Crippen LogP contribution < -0.4 is 5.32 Å². The standard InChI is InChI=1S/C11H9F4N3/c12-9-2-1-7(5-8(9)11(13,14)15)6-18-10-16-3-4-17-10/h1-5H,6H2,(H2,16,17,18). The van der Waals surface area contributed by atoms with Crippen LogP contribution >= 0.6 is 0 Å². The maximum Gasteiger partial charge on any atom is 0.419 e. The maximum absolute atomic E-state index is 13.0. The highest BCUT2D eigenvalue weighted by Crippen LogP contribution is 2.31. The van der Waals surface area contributed by atoms with Gasteiger partial charge in [0.1, 0.15) is 5.82 Å². The molecule has 0 bridgehead atoms. The van der Waals surface area contributed by atoms with E-state index in [1.54, 1.807) is 6.20 Å². The molecule has 1 aromatic heterocycles. The third-order valence-corrected chi connectivity index (χ3v) is 2.29. The van der Waals surface area contributed by atoms with Crippen LogP contribution in [0, 0.1) is 5.82 Å². The molecular formula is C11H9F4N3. The van der Waals surface area contributed by atoms with Crippen LogP contribution in [-0.4, -0.2) is 9.97 Å². The van der Waals surface area contributed by atoms with Crippen molar-refractivity contribution in [3.63, 3.8) is 0 Å². The summed E-state index contributed by atoms with van der Waals surface area (Å²) in [6.07, 6.45) is -1.60. The van der Waals surface area contributed by atoms with Gasteiger partial charge < -0.3 is 10.3 Å². The Morgan fingerprint density at radius 1 is 1.28 bits per heavy atom. The highest BCUT2D eigenvalue weighted by Gasteiger charge is 2.34. The molecule has 2 aromatic rings. The number of H-pyrrole nitrogens is 1. The lowest BCUT2D eigenvalue weighted by Crippen LogP contribution is -2.10. The zero-order valence-corrected chi connectivity index (χ0v) is 9.05. The van der Waals surface area contributed by atoms with Crippen LogP contribution in [0.25, 0.3) is 0 Å². The molecule has 1 aromatic carbocycles. The van der Waals surface area contributed by atoms with Crippen molar-refractivity contribution in [3.8, 4) is 0 Å². The Morgan fingerprint density at radius 3 is 2.67 bits per heavy atom. The second-order valence-corrected chi connectivity index (χ2v) is 3.60. The third-order valence-electron chi connectivity index (χ3n) is 2.29. The molecule has 0 aliphatic carbocycles. The van der Waals surface area contributed by atoms with Gasteiger partial charge in [0, 0.05) is 18.9 Å². The van der Waals surface area contributed by atoms with Gasteiger partial charge in [-0.2, -0.15) is 13.2 Å². The molecule has 0 radical (unpaired) electrons. The Labute approximate surface area is 99.9 Å². The number of nitrogens with one attached hydrogen (secondary N) is 2. The van der Waals surface area contributed by atoms with Gasteiger partial charge in [0.25, 0.3) is 0 Å². The van der Waals surface area contributed by atoms with Gasteiger partial charge in [0.2, 0.25) is 0 Å². The van der Waals surface area contributed by atoms with E-state index in [2.05, 4.69) is 15.3 Å². The summed E-state index contributed by atoms with van der Waals surface area (Å²) in [5.74, 6) is -0.836. The first-order chi connectivity index (χ1) is 8.47. The number of benzene rings is 1. The molecule has 0 saturated heterocycles. The quantitative estimate of drug-likeness (QED) is 0.831. The van der Waals surface area contributed by atoms with Gasteiger partial charge in [-0.3, -0.25) is 0 Å². The van der Waals surface area contributed by atoms with Gasteiger partial charge in [0.15, 0.2) is 5.95 Å². The lowest BCUT2D eigenvalue weighted by atomic mass is 10.1. The maximum atomic E-state index is 13.0. The molecule has 3 nitrogen and oxygen atoms in total. The molecular weight excluding hydrogens is 250 g/mol. The first-order valence-corrected chi connectivity index (χ1v) is 5.05. The van der Waals surface area contributed by atoms with Crippen LogP contribution in [0.3, 0.4) is 0 Å². The van der Waals surface area contributed by atoms with E-state index in [-0.39, 0.29) is 6.54 Å². The van der Waals surface area contributed by atoms with Crippen molar-refractivity contribution in [2.75, 3.05) is 5.32 Å². The van der Waals surface area contributed by atoms with Gasteiger partial charge in [-0.05, 0) is 17.7 Å². The van der Waals surface area contributed by atoms with Crippen molar-refractivity contribution < 1.29 is 17.6 Å². The summed E-state index contributed by atoms with van der Waals surface area (Å²) < 4.78 is 50.4. The van der Waals surface area contributed by atoms with Crippen LogP contribution in [0.1, 0.15) is 11.1 Å². The molecule has 18 heavy (non-hydrogen) atoms. The number of aromatic amines is 1. The first-order valence-electron chi connectivity index (χ1n) is 5.05. The zero-order valence-electron chi connectivity index (χ0n) is 9.05. The SMILES string of the molecule is Fc1ccc(CNc2ncc[nH]2)cc1C(F)(F)F. The van der Waals surface area contributed by atoms with E-state index in [1.165, 1.54) is 12.3 Å². The summed E-state index contributed by atoms with van der Waals surface area (Å²) in [6.45, 7) is 0.122. The second kappa shape index (κ2) is 4.67. The van der Waals surface area contributed by atoms with Crippen molar-refractivity contribution in [1.82, 2.24) is 9.97 Å². The van der Waals surface area contributed by atoms with Gasteiger partial charge in [-0.15, -0.1) is 0 Å². The van der Waals surface area contributed by atoms with E-state index in [1.807, 2.05) is 0 Å². The Balaban J connectivity index is 2.15. The topological polar surface area (TPSA) is 40.7 Å². The summed E-state index contributed by atoms with van der Waals surface area (Å²) in [5.41, 5.74) is -0.943.